The molecule has 0 N–H and O–H groups in total. The highest BCUT2D eigenvalue weighted by atomic mass is 15.1. The van der Waals surface area contributed by atoms with Gasteiger partial charge in [-0.05, 0) is 19.8 Å². The third-order valence-electron chi connectivity index (χ3n) is 2.09. The summed E-state index contributed by atoms with van der Waals surface area (Å²) in [6.45, 7) is 6.70. The number of nitriles is 1. The fourth-order valence-electron chi connectivity index (χ4n) is 1.59. The van der Waals surface area contributed by atoms with Crippen LogP contribution in [0.2, 0.25) is 0 Å². The summed E-state index contributed by atoms with van der Waals surface area (Å²) < 4.78 is 0. The summed E-state index contributed by atoms with van der Waals surface area (Å²) in [6, 6.07) is 2.16. The molecule has 0 fully saturated rings. The Morgan fingerprint density at radius 3 is 2.33 bits per heavy atom. The molecule has 0 spiro atoms. The van der Waals surface area contributed by atoms with Gasteiger partial charge in [0.05, 0.1) is 6.07 Å². The number of hydrogen-bond acceptors (Lipinski definition) is 2. The zero-order valence-corrected chi connectivity index (χ0v) is 7.83. The molecule has 2 nitrogen and oxygen atoms in total. The van der Waals surface area contributed by atoms with Crippen LogP contribution in [-0.4, -0.2) is 11.4 Å². The molecule has 0 unspecified atom stereocenters. The molecule has 2 heteroatoms. The number of nitrogens with zero attached hydrogens (tertiary/aromatic N) is 2. The van der Waals surface area contributed by atoms with E-state index in [4.69, 9.17) is 5.26 Å². The first-order valence-electron chi connectivity index (χ1n) is 4.16. The molecule has 0 saturated carbocycles. The Balaban J connectivity index is 2.82. The predicted octanol–water partition coefficient (Wildman–Crippen LogP) is 2.27. The van der Waals surface area contributed by atoms with Crippen LogP contribution in [0.5, 0.6) is 0 Å². The van der Waals surface area contributed by atoms with Crippen LogP contribution in [0.15, 0.2) is 23.5 Å². The van der Waals surface area contributed by atoms with Gasteiger partial charge in [-0.15, -0.1) is 0 Å². The molecule has 1 aliphatic rings. The van der Waals surface area contributed by atoms with Crippen LogP contribution in [0.4, 0.5) is 0 Å². The first kappa shape index (κ1) is 8.86. The van der Waals surface area contributed by atoms with E-state index in [9.17, 15) is 0 Å². The molecular formula is C10H14N2. The van der Waals surface area contributed by atoms with E-state index in [2.05, 4.69) is 25.1 Å². The van der Waals surface area contributed by atoms with Gasteiger partial charge in [0, 0.05) is 11.4 Å². The number of rotatable bonds is 1. The number of hydrogen-bond donors (Lipinski definition) is 0. The molecule has 0 amide bonds. The molecule has 0 aromatic carbocycles. The van der Waals surface area contributed by atoms with Crippen LogP contribution in [0.1, 0.15) is 20.8 Å². The summed E-state index contributed by atoms with van der Waals surface area (Å²) in [7, 11) is 0. The van der Waals surface area contributed by atoms with Crippen molar-refractivity contribution in [3.63, 3.8) is 0 Å². The zero-order valence-electron chi connectivity index (χ0n) is 7.83. The second-order valence-electron chi connectivity index (χ2n) is 3.22. The molecular weight excluding hydrogens is 148 g/mol. The van der Waals surface area contributed by atoms with Crippen LogP contribution in [-0.2, 0) is 0 Å². The van der Waals surface area contributed by atoms with Crippen LogP contribution in [0.3, 0.4) is 0 Å². The summed E-state index contributed by atoms with van der Waals surface area (Å²) in [6.07, 6.45) is 4.34. The minimum Gasteiger partial charge on any atom is -0.336 e. The van der Waals surface area contributed by atoms with Gasteiger partial charge in [0.2, 0.25) is 0 Å². The van der Waals surface area contributed by atoms with Crippen LogP contribution < -0.4 is 0 Å². The van der Waals surface area contributed by atoms with E-state index in [0.29, 0.717) is 12.5 Å². The van der Waals surface area contributed by atoms with Crippen molar-refractivity contribution in [1.82, 2.24) is 4.90 Å². The van der Waals surface area contributed by atoms with Crippen molar-refractivity contribution in [2.75, 3.05) is 6.54 Å². The van der Waals surface area contributed by atoms with Crippen LogP contribution in [0.25, 0.3) is 0 Å². The minimum absolute atomic E-state index is 0.456. The van der Waals surface area contributed by atoms with Crippen molar-refractivity contribution in [2.24, 2.45) is 5.92 Å². The third kappa shape index (κ3) is 1.68. The van der Waals surface area contributed by atoms with Gasteiger partial charge in [-0.1, -0.05) is 19.1 Å². The van der Waals surface area contributed by atoms with Gasteiger partial charge in [-0.3, -0.25) is 0 Å². The predicted molar refractivity (Wildman–Crippen MR) is 49.0 cm³/mol. The van der Waals surface area contributed by atoms with Gasteiger partial charge < -0.3 is 4.90 Å². The lowest BCUT2D eigenvalue weighted by Gasteiger charge is -2.28. The van der Waals surface area contributed by atoms with Gasteiger partial charge in [0.15, 0.2) is 0 Å². The molecule has 1 aliphatic heterocycles. The van der Waals surface area contributed by atoms with Gasteiger partial charge in [0.1, 0.15) is 6.54 Å². The second kappa shape index (κ2) is 3.44. The molecule has 0 aromatic rings. The average Bonchev–Trinajstić information content (AvgIpc) is 1.96. The van der Waals surface area contributed by atoms with Crippen LogP contribution in [0, 0.1) is 17.2 Å². The number of allylic oxidation sites excluding steroid dienone is 4. The Morgan fingerprint density at radius 2 is 1.92 bits per heavy atom. The molecule has 0 atom stereocenters. The van der Waals surface area contributed by atoms with Crippen LogP contribution >= 0.6 is 0 Å². The highest BCUT2D eigenvalue weighted by molar-refractivity contribution is 5.21. The molecule has 1 rings (SSSR count). The highest BCUT2D eigenvalue weighted by Gasteiger charge is 2.12. The van der Waals surface area contributed by atoms with E-state index in [1.807, 2.05) is 18.7 Å². The summed E-state index contributed by atoms with van der Waals surface area (Å²) in [5.41, 5.74) is 2.37. The Bertz CT molecular complexity index is 248. The van der Waals surface area contributed by atoms with Gasteiger partial charge in [-0.2, -0.15) is 5.26 Å². The first-order chi connectivity index (χ1) is 5.65. The molecule has 0 bridgehead atoms. The smallest absolute Gasteiger partial charge is 0.110 e. The lowest BCUT2D eigenvalue weighted by molar-refractivity contribution is 0.457. The van der Waals surface area contributed by atoms with Crippen molar-refractivity contribution in [3.05, 3.63) is 23.5 Å². The van der Waals surface area contributed by atoms with Crippen molar-refractivity contribution < 1.29 is 0 Å². The van der Waals surface area contributed by atoms with Crippen molar-refractivity contribution in [2.45, 2.75) is 20.8 Å². The Labute approximate surface area is 73.8 Å². The molecule has 64 valence electrons. The Kier molecular flexibility index (Phi) is 2.54. The largest absolute Gasteiger partial charge is 0.336 e. The van der Waals surface area contributed by atoms with Gasteiger partial charge >= 0.3 is 0 Å². The molecule has 1 heterocycles. The van der Waals surface area contributed by atoms with Crippen molar-refractivity contribution >= 4 is 0 Å². The van der Waals surface area contributed by atoms with Crippen molar-refractivity contribution in [1.29, 1.82) is 5.26 Å². The van der Waals surface area contributed by atoms with E-state index in [1.165, 1.54) is 11.4 Å². The maximum Gasteiger partial charge on any atom is 0.110 e. The van der Waals surface area contributed by atoms with E-state index >= 15 is 0 Å². The van der Waals surface area contributed by atoms with Gasteiger partial charge in [0.25, 0.3) is 0 Å². The van der Waals surface area contributed by atoms with Gasteiger partial charge in [-0.25, -0.2) is 0 Å². The summed E-state index contributed by atoms with van der Waals surface area (Å²) >= 11 is 0. The normalized spacial score (nSPS) is 18.3. The van der Waals surface area contributed by atoms with E-state index < -0.39 is 0 Å². The summed E-state index contributed by atoms with van der Waals surface area (Å²) in [5, 5.41) is 8.57. The standard InChI is InChI=1S/C10H14N2/c1-8-6-9(2)12(5-4-11)10(3)7-8/h6-8H,5H2,1-3H3. The molecule has 12 heavy (non-hydrogen) atoms. The lowest BCUT2D eigenvalue weighted by Crippen LogP contribution is -2.23. The fourth-order valence-corrected chi connectivity index (χ4v) is 1.59. The molecule has 0 saturated heterocycles. The molecule has 0 aromatic heterocycles. The summed E-state index contributed by atoms with van der Waals surface area (Å²) in [4.78, 5) is 2.03. The third-order valence-corrected chi connectivity index (χ3v) is 2.09. The second-order valence-corrected chi connectivity index (χ2v) is 3.22. The lowest BCUT2D eigenvalue weighted by atomic mass is 10.0. The van der Waals surface area contributed by atoms with E-state index in [-0.39, 0.29) is 0 Å². The molecule has 0 radical (unpaired) electrons. The zero-order chi connectivity index (χ0) is 9.14. The minimum atomic E-state index is 0.456. The Morgan fingerprint density at radius 1 is 1.42 bits per heavy atom. The van der Waals surface area contributed by atoms with E-state index in [0.717, 1.165) is 0 Å². The Hall–Kier alpha value is -1.23. The maximum absolute atomic E-state index is 8.57. The average molecular weight is 162 g/mol. The van der Waals surface area contributed by atoms with Crippen molar-refractivity contribution in [3.8, 4) is 6.07 Å². The van der Waals surface area contributed by atoms with E-state index in [1.54, 1.807) is 0 Å². The fraction of sp³-hybridized carbons (Fsp3) is 0.500. The molecule has 0 aliphatic carbocycles. The SMILES string of the molecule is CC1=CC(C)C=C(C)N1CC#N. The monoisotopic (exact) mass is 162 g/mol. The summed E-state index contributed by atoms with van der Waals surface area (Å²) in [5.74, 6) is 0.500. The maximum atomic E-state index is 8.57. The highest BCUT2D eigenvalue weighted by Crippen LogP contribution is 2.21. The quantitative estimate of drug-likeness (QED) is 0.553. The first-order valence-corrected chi connectivity index (χ1v) is 4.16. The topological polar surface area (TPSA) is 27.0 Å².